The first kappa shape index (κ1) is 44.6. The highest BCUT2D eigenvalue weighted by atomic mass is 16.5. The van der Waals surface area contributed by atoms with Crippen LogP contribution in [0.15, 0.2) is 54.6 Å². The van der Waals surface area contributed by atoms with Crippen LogP contribution in [0.4, 0.5) is 17.1 Å². The Morgan fingerprint density at radius 2 is 1.10 bits per heavy atom. The van der Waals surface area contributed by atoms with Gasteiger partial charge in [0.1, 0.15) is 17.1 Å². The number of aliphatic hydroxyl groups is 2. The number of amides is 4. The molecule has 0 aliphatic carbocycles. The third-order valence-electron chi connectivity index (χ3n) is 12.3. The van der Waals surface area contributed by atoms with Crippen molar-refractivity contribution in [1.29, 1.82) is 0 Å². The monoisotopic (exact) mass is 859 g/mol. The molecule has 0 unspecified atom stereocenters. The molecule has 0 fully saturated rings. The molecule has 332 valence electrons. The van der Waals surface area contributed by atoms with E-state index >= 15 is 0 Å². The van der Waals surface area contributed by atoms with Gasteiger partial charge in [-0.05, 0) is 116 Å². The molecule has 3 aromatic carbocycles. The molecule has 0 radical (unpaired) electrons. The zero-order valence-electron chi connectivity index (χ0n) is 36.3. The topological polar surface area (TPSA) is 204 Å². The molecule has 9 rings (SSSR count). The van der Waals surface area contributed by atoms with E-state index in [1.54, 1.807) is 4.90 Å². The summed E-state index contributed by atoms with van der Waals surface area (Å²) in [5.41, 5.74) is 9.94. The van der Waals surface area contributed by atoms with E-state index in [2.05, 4.69) is 31.9 Å². The Hall–Kier alpha value is -6.45. The fourth-order valence-electron chi connectivity index (χ4n) is 9.21. The number of carbonyl (C=O) groups is 5. The largest absolute Gasteiger partial charge is 0.471 e. The lowest BCUT2D eigenvalue weighted by atomic mass is 10.1. The van der Waals surface area contributed by atoms with Crippen molar-refractivity contribution in [2.75, 3.05) is 61.7 Å². The van der Waals surface area contributed by atoms with Crippen molar-refractivity contribution in [3.63, 3.8) is 0 Å². The van der Waals surface area contributed by atoms with Gasteiger partial charge in [0.05, 0.1) is 7.11 Å². The predicted octanol–water partition coefficient (Wildman–Crippen LogP) is 6.69. The second kappa shape index (κ2) is 20.2. The number of benzene rings is 3. The van der Waals surface area contributed by atoms with E-state index in [1.807, 2.05) is 64.4 Å². The summed E-state index contributed by atoms with van der Waals surface area (Å²) in [7, 11) is 2.31. The van der Waals surface area contributed by atoms with Crippen molar-refractivity contribution in [2.24, 2.45) is 0 Å². The van der Waals surface area contributed by atoms with Crippen LogP contribution in [-0.2, 0) is 33.6 Å². The van der Waals surface area contributed by atoms with Crippen LogP contribution in [0.3, 0.4) is 0 Å². The first-order valence-electron chi connectivity index (χ1n) is 21.9. The van der Waals surface area contributed by atoms with Gasteiger partial charge < -0.3 is 49.9 Å². The van der Waals surface area contributed by atoms with Crippen molar-refractivity contribution >= 4 is 79.9 Å². The van der Waals surface area contributed by atoms with Gasteiger partial charge in [0, 0.05) is 96.1 Å². The number of methoxy groups -OCH3 is 1. The molecule has 3 aliphatic heterocycles. The third kappa shape index (κ3) is 8.93. The van der Waals surface area contributed by atoms with Gasteiger partial charge in [0.2, 0.25) is 5.91 Å². The minimum atomic E-state index is -0.167. The first-order valence-corrected chi connectivity index (χ1v) is 21.9. The summed E-state index contributed by atoms with van der Waals surface area (Å²) in [6.45, 7) is 4.98. The molecule has 0 spiro atoms. The van der Waals surface area contributed by atoms with Crippen molar-refractivity contribution in [3.8, 4) is 0 Å². The van der Waals surface area contributed by atoms with Crippen LogP contribution in [0.5, 0.6) is 0 Å². The normalized spacial score (nSPS) is 13.6. The zero-order valence-corrected chi connectivity index (χ0v) is 36.3. The van der Waals surface area contributed by atoms with E-state index in [-0.39, 0.29) is 30.2 Å². The number of ether oxygens (including phenoxy) is 1. The van der Waals surface area contributed by atoms with Crippen molar-refractivity contribution in [2.45, 2.75) is 77.6 Å². The number of nitrogens with zero attached hydrogens (tertiary/aromatic N) is 3. The van der Waals surface area contributed by atoms with Gasteiger partial charge >= 0.3 is 0 Å². The van der Waals surface area contributed by atoms with Crippen LogP contribution < -0.4 is 20.0 Å². The number of rotatable bonds is 14. The van der Waals surface area contributed by atoms with Crippen LogP contribution in [0.2, 0.25) is 0 Å². The number of unbranched alkanes of at least 4 members (excludes halogenated alkanes) is 5. The SMILES string of the molecule is CCCCCCC(=O)N1CCc2c1ccc1[nH]c(C(=O)N3CCc4c3ccc3[nH]c(C(=O)N5CCc6c5ccc5[nH]c(C(=O)NCCCCCO)cc65)cc43)cc21.CO.COC=O. The first-order chi connectivity index (χ1) is 30.8. The van der Waals surface area contributed by atoms with E-state index in [4.69, 9.17) is 15.0 Å². The Morgan fingerprint density at radius 3 is 1.57 bits per heavy atom. The summed E-state index contributed by atoms with van der Waals surface area (Å²) < 4.78 is 3.86. The molecule has 0 saturated carbocycles. The molecule has 4 amide bonds. The fraction of sp³-hybridized carbons (Fsp3) is 0.396. The Balaban J connectivity index is 0.000000940. The number of fused-ring (bicyclic) bond motifs is 9. The smallest absolute Gasteiger partial charge is 0.292 e. The molecule has 6 N–H and O–H groups in total. The fourth-order valence-corrected chi connectivity index (χ4v) is 9.21. The molecule has 3 aromatic heterocycles. The summed E-state index contributed by atoms with van der Waals surface area (Å²) in [4.78, 5) is 78.6. The molecule has 15 heteroatoms. The molecular weight excluding hydrogens is 803 g/mol. The highest BCUT2D eigenvalue weighted by molar-refractivity contribution is 6.14. The van der Waals surface area contributed by atoms with Gasteiger partial charge in [-0.1, -0.05) is 26.2 Å². The quantitative estimate of drug-likeness (QED) is 0.0514. The lowest BCUT2D eigenvalue weighted by molar-refractivity contribution is -0.126. The molecular formula is C48H57N7O8. The van der Waals surface area contributed by atoms with Gasteiger partial charge in [0.15, 0.2) is 0 Å². The summed E-state index contributed by atoms with van der Waals surface area (Å²) in [6.07, 6.45) is 9.35. The number of aromatic nitrogens is 3. The van der Waals surface area contributed by atoms with Crippen LogP contribution >= 0.6 is 0 Å². The molecule has 3 aliphatic rings. The average Bonchev–Trinajstić information content (AvgIpc) is 4.17. The number of hydrogen-bond acceptors (Lipinski definition) is 8. The van der Waals surface area contributed by atoms with Crippen molar-refractivity contribution in [1.82, 2.24) is 20.3 Å². The number of nitrogens with one attached hydrogen (secondary N) is 4. The summed E-state index contributed by atoms with van der Waals surface area (Å²) in [6, 6.07) is 17.5. The maximum absolute atomic E-state index is 14.1. The predicted molar refractivity (Wildman–Crippen MR) is 245 cm³/mol. The molecule has 63 heavy (non-hydrogen) atoms. The van der Waals surface area contributed by atoms with Crippen molar-refractivity contribution in [3.05, 3.63) is 88.4 Å². The zero-order chi connectivity index (χ0) is 44.6. The molecule has 6 heterocycles. The van der Waals surface area contributed by atoms with Gasteiger partial charge in [0.25, 0.3) is 24.2 Å². The van der Waals surface area contributed by atoms with E-state index in [0.29, 0.717) is 69.0 Å². The Kier molecular flexibility index (Phi) is 14.3. The van der Waals surface area contributed by atoms with E-state index in [0.717, 1.165) is 125 Å². The van der Waals surface area contributed by atoms with Crippen LogP contribution in [0.1, 0.15) is 106 Å². The summed E-state index contributed by atoms with van der Waals surface area (Å²) >= 11 is 0. The number of aliphatic hydroxyl groups excluding tert-OH is 2. The summed E-state index contributed by atoms with van der Waals surface area (Å²) in [5, 5.41) is 21.8. The van der Waals surface area contributed by atoms with Gasteiger partial charge in [-0.25, -0.2) is 0 Å². The molecule has 0 saturated heterocycles. The maximum Gasteiger partial charge on any atom is 0.292 e. The van der Waals surface area contributed by atoms with Gasteiger partial charge in [-0.15, -0.1) is 0 Å². The van der Waals surface area contributed by atoms with Crippen LogP contribution in [-0.4, -0.2) is 102 Å². The molecule has 6 aromatic rings. The highest BCUT2D eigenvalue weighted by Gasteiger charge is 2.33. The second-order valence-electron chi connectivity index (χ2n) is 16.0. The van der Waals surface area contributed by atoms with Gasteiger partial charge in [-0.3, -0.25) is 24.0 Å². The minimum absolute atomic E-state index is 0.102. The molecule has 15 nitrogen and oxygen atoms in total. The Labute approximate surface area is 365 Å². The number of anilines is 3. The number of hydrogen-bond donors (Lipinski definition) is 6. The third-order valence-corrected chi connectivity index (χ3v) is 12.3. The lowest BCUT2D eigenvalue weighted by Gasteiger charge is -2.17. The number of aromatic amines is 3. The molecule has 0 bridgehead atoms. The van der Waals surface area contributed by atoms with Gasteiger partial charge in [-0.2, -0.15) is 0 Å². The minimum Gasteiger partial charge on any atom is -0.471 e. The number of carbonyl (C=O) groups excluding carboxylic acids is 5. The Morgan fingerprint density at radius 1 is 0.651 bits per heavy atom. The van der Waals surface area contributed by atoms with Crippen LogP contribution in [0.25, 0.3) is 32.7 Å². The van der Waals surface area contributed by atoms with E-state index in [9.17, 15) is 19.2 Å². The van der Waals surface area contributed by atoms with E-state index in [1.165, 1.54) is 7.11 Å². The highest BCUT2D eigenvalue weighted by Crippen LogP contribution is 2.40. The number of H-pyrrole nitrogens is 3. The van der Waals surface area contributed by atoms with Crippen LogP contribution in [0, 0.1) is 0 Å². The second-order valence-corrected chi connectivity index (χ2v) is 16.0. The van der Waals surface area contributed by atoms with E-state index < -0.39 is 0 Å². The summed E-state index contributed by atoms with van der Waals surface area (Å²) in [5.74, 6) is -0.218. The Bertz CT molecular complexity index is 2640. The molecule has 0 atom stereocenters. The van der Waals surface area contributed by atoms with Crippen molar-refractivity contribution < 1.29 is 38.9 Å². The lowest BCUT2D eigenvalue weighted by Crippen LogP contribution is -2.29. The standard InChI is InChI=1S/C45H49N7O5.C2H4O2.CH4O/c1-2-3-4-6-9-42(54)50-20-16-27-31-25-37(48-34(31)10-13-39(27)50)44(56)52-22-18-29-32-26-38(49-35(32)12-15-41(29)52)45(57)51-21-17-28-30-24-36(47-33(30)11-14-40(28)51)43(55)46-19-7-5-8-23-53;1-4-2-3;1-2/h10-15,24-26,47-49,53H,2-9,16-23H2,1H3,(H,46,55);2H,1H3;2H,1H3. The average molecular weight is 860 g/mol. The maximum atomic E-state index is 14.1.